The summed E-state index contributed by atoms with van der Waals surface area (Å²) in [6, 6.07) is 10.2. The highest BCUT2D eigenvalue weighted by atomic mass is 79.9. The van der Waals surface area contributed by atoms with Gasteiger partial charge in [0.15, 0.2) is 11.5 Å². The summed E-state index contributed by atoms with van der Waals surface area (Å²) in [5.41, 5.74) is 4.25. The number of hydrogen-bond acceptors (Lipinski definition) is 5. The molecule has 0 aliphatic rings. The molecule has 0 atom stereocenters. The van der Waals surface area contributed by atoms with Crippen molar-refractivity contribution < 1.29 is 19.4 Å². The first kappa shape index (κ1) is 18.5. The van der Waals surface area contributed by atoms with Gasteiger partial charge in [0, 0.05) is 5.69 Å². The fourth-order valence-corrected chi connectivity index (χ4v) is 2.32. The number of ether oxygens (including phenoxy) is 1. The van der Waals surface area contributed by atoms with E-state index in [-0.39, 0.29) is 11.5 Å². The standard InChI is InChI=1S/C17H16BrN3O4/c1-10-3-5-12(6-4-10)20-16(23)17(24)21-19-9-11-7-13(18)15(22)14(8-11)25-2/h3-9,22H,1-2H3,(H,20,23)(H,21,24)/b19-9-. The molecule has 8 heteroatoms. The zero-order valence-electron chi connectivity index (χ0n) is 13.5. The van der Waals surface area contributed by atoms with Gasteiger partial charge in [-0.05, 0) is 52.7 Å². The number of amides is 2. The molecular weight excluding hydrogens is 390 g/mol. The minimum absolute atomic E-state index is 0.0406. The van der Waals surface area contributed by atoms with Crippen LogP contribution in [0.3, 0.4) is 0 Å². The largest absolute Gasteiger partial charge is 0.503 e. The lowest BCUT2D eigenvalue weighted by atomic mass is 10.2. The number of nitrogens with one attached hydrogen (secondary N) is 2. The van der Waals surface area contributed by atoms with Gasteiger partial charge < -0.3 is 15.2 Å². The Labute approximate surface area is 152 Å². The van der Waals surface area contributed by atoms with Crippen molar-refractivity contribution in [2.24, 2.45) is 5.10 Å². The lowest BCUT2D eigenvalue weighted by Gasteiger charge is -2.06. The summed E-state index contributed by atoms with van der Waals surface area (Å²) in [4.78, 5) is 23.5. The molecule has 0 aromatic heterocycles. The second kappa shape index (κ2) is 8.29. The number of phenols is 1. The van der Waals surface area contributed by atoms with Crippen LogP contribution in [0, 0.1) is 6.92 Å². The number of hydrogen-bond donors (Lipinski definition) is 3. The molecule has 2 rings (SSSR count). The van der Waals surface area contributed by atoms with E-state index in [1.807, 2.05) is 19.1 Å². The minimum Gasteiger partial charge on any atom is -0.503 e. The van der Waals surface area contributed by atoms with Crippen molar-refractivity contribution in [3.63, 3.8) is 0 Å². The zero-order chi connectivity index (χ0) is 18.4. The van der Waals surface area contributed by atoms with Gasteiger partial charge in [-0.15, -0.1) is 0 Å². The Bertz CT molecular complexity index is 819. The minimum atomic E-state index is -0.901. The molecule has 2 aromatic rings. The molecule has 0 unspecified atom stereocenters. The molecule has 25 heavy (non-hydrogen) atoms. The Morgan fingerprint density at radius 2 is 1.88 bits per heavy atom. The topological polar surface area (TPSA) is 100 Å². The fourth-order valence-electron chi connectivity index (χ4n) is 1.86. The third-order valence-electron chi connectivity index (χ3n) is 3.17. The molecule has 3 N–H and O–H groups in total. The van der Waals surface area contributed by atoms with E-state index >= 15 is 0 Å². The third-order valence-corrected chi connectivity index (χ3v) is 3.77. The van der Waals surface area contributed by atoms with Gasteiger partial charge in [0.1, 0.15) is 0 Å². The number of phenolic OH excluding ortho intramolecular Hbond substituents is 1. The Kier molecular flexibility index (Phi) is 6.13. The predicted octanol–water partition coefficient (Wildman–Crippen LogP) is 2.56. The second-order valence-corrected chi connectivity index (χ2v) is 5.93. The van der Waals surface area contributed by atoms with Crippen molar-refractivity contribution in [1.82, 2.24) is 5.43 Å². The Morgan fingerprint density at radius 3 is 2.52 bits per heavy atom. The van der Waals surface area contributed by atoms with Crippen LogP contribution in [0.25, 0.3) is 0 Å². The summed E-state index contributed by atoms with van der Waals surface area (Å²) < 4.78 is 5.43. The SMILES string of the molecule is COc1cc(/C=N\NC(=O)C(=O)Nc2ccc(C)cc2)cc(Br)c1O. The molecule has 7 nitrogen and oxygen atoms in total. The maximum Gasteiger partial charge on any atom is 0.329 e. The van der Waals surface area contributed by atoms with Gasteiger partial charge in [-0.25, -0.2) is 5.43 Å². The summed E-state index contributed by atoms with van der Waals surface area (Å²) in [5.74, 6) is -1.52. The van der Waals surface area contributed by atoms with Crippen LogP contribution in [0.2, 0.25) is 0 Å². The first-order chi connectivity index (χ1) is 11.9. The van der Waals surface area contributed by atoms with Gasteiger partial charge in [0.25, 0.3) is 0 Å². The van der Waals surface area contributed by atoms with Crippen molar-refractivity contribution in [2.75, 3.05) is 12.4 Å². The molecule has 0 fully saturated rings. The number of aryl methyl sites for hydroxylation is 1. The number of benzene rings is 2. The molecule has 0 heterocycles. The third kappa shape index (κ3) is 5.05. The summed E-state index contributed by atoms with van der Waals surface area (Å²) in [7, 11) is 1.42. The average molecular weight is 406 g/mol. The van der Waals surface area contributed by atoms with Crippen LogP contribution >= 0.6 is 15.9 Å². The first-order valence-corrected chi connectivity index (χ1v) is 7.97. The van der Waals surface area contributed by atoms with Crippen LogP contribution in [0.5, 0.6) is 11.5 Å². The molecular formula is C17H16BrN3O4. The van der Waals surface area contributed by atoms with Crippen molar-refractivity contribution in [3.05, 3.63) is 52.0 Å². The Balaban J connectivity index is 1.97. The number of rotatable bonds is 4. The fraction of sp³-hybridized carbons (Fsp3) is 0.118. The molecule has 0 bridgehead atoms. The van der Waals surface area contributed by atoms with E-state index in [0.29, 0.717) is 15.7 Å². The number of halogens is 1. The van der Waals surface area contributed by atoms with Gasteiger partial charge in [0.2, 0.25) is 0 Å². The van der Waals surface area contributed by atoms with Crippen LogP contribution in [0.1, 0.15) is 11.1 Å². The second-order valence-electron chi connectivity index (χ2n) is 5.07. The van der Waals surface area contributed by atoms with E-state index in [2.05, 4.69) is 31.8 Å². The van der Waals surface area contributed by atoms with E-state index in [0.717, 1.165) is 5.56 Å². The predicted molar refractivity (Wildman–Crippen MR) is 97.9 cm³/mol. The highest BCUT2D eigenvalue weighted by Crippen LogP contribution is 2.34. The lowest BCUT2D eigenvalue weighted by molar-refractivity contribution is -0.136. The molecule has 0 spiro atoms. The van der Waals surface area contributed by atoms with Crippen molar-refractivity contribution in [1.29, 1.82) is 0 Å². The molecule has 2 amide bonds. The first-order valence-electron chi connectivity index (χ1n) is 7.18. The highest BCUT2D eigenvalue weighted by Gasteiger charge is 2.13. The molecule has 0 radical (unpaired) electrons. The van der Waals surface area contributed by atoms with Crippen LogP contribution in [-0.2, 0) is 9.59 Å². The summed E-state index contributed by atoms with van der Waals surface area (Å²) in [5, 5.41) is 15.9. The van der Waals surface area contributed by atoms with Crippen LogP contribution in [0.15, 0.2) is 46.0 Å². The zero-order valence-corrected chi connectivity index (χ0v) is 15.1. The maximum atomic E-state index is 11.8. The summed E-state index contributed by atoms with van der Waals surface area (Å²) in [6.45, 7) is 1.92. The average Bonchev–Trinajstić information content (AvgIpc) is 2.59. The van der Waals surface area contributed by atoms with E-state index < -0.39 is 11.8 Å². The quantitative estimate of drug-likeness (QED) is 0.413. The van der Waals surface area contributed by atoms with Gasteiger partial charge >= 0.3 is 11.8 Å². The van der Waals surface area contributed by atoms with E-state index in [4.69, 9.17) is 4.74 Å². The van der Waals surface area contributed by atoms with Gasteiger partial charge in [0.05, 0.1) is 17.8 Å². The van der Waals surface area contributed by atoms with Crippen LogP contribution in [0.4, 0.5) is 5.69 Å². The normalized spacial score (nSPS) is 10.5. The summed E-state index contributed by atoms with van der Waals surface area (Å²) >= 11 is 3.18. The Morgan fingerprint density at radius 1 is 1.20 bits per heavy atom. The molecule has 2 aromatic carbocycles. The van der Waals surface area contributed by atoms with Gasteiger partial charge in [-0.2, -0.15) is 5.10 Å². The van der Waals surface area contributed by atoms with Crippen LogP contribution < -0.4 is 15.5 Å². The van der Waals surface area contributed by atoms with Crippen LogP contribution in [-0.4, -0.2) is 30.2 Å². The number of methoxy groups -OCH3 is 1. The number of carbonyl (C=O) groups is 2. The molecule has 0 aliphatic heterocycles. The van der Waals surface area contributed by atoms with Crippen molar-refractivity contribution in [2.45, 2.75) is 6.92 Å². The number of nitrogens with zero attached hydrogens (tertiary/aromatic N) is 1. The smallest absolute Gasteiger partial charge is 0.329 e. The molecule has 0 aliphatic carbocycles. The van der Waals surface area contributed by atoms with Crippen molar-refractivity contribution >= 4 is 39.6 Å². The number of aromatic hydroxyl groups is 1. The maximum absolute atomic E-state index is 11.8. The van der Waals surface area contributed by atoms with Gasteiger partial charge in [-0.1, -0.05) is 17.7 Å². The number of anilines is 1. The lowest BCUT2D eigenvalue weighted by Crippen LogP contribution is -2.32. The molecule has 130 valence electrons. The van der Waals surface area contributed by atoms with E-state index in [1.165, 1.54) is 19.4 Å². The number of carbonyl (C=O) groups excluding carboxylic acids is 2. The highest BCUT2D eigenvalue weighted by molar-refractivity contribution is 9.10. The molecule has 0 saturated heterocycles. The van der Waals surface area contributed by atoms with Gasteiger partial charge in [-0.3, -0.25) is 9.59 Å². The monoisotopic (exact) mass is 405 g/mol. The van der Waals surface area contributed by atoms with E-state index in [9.17, 15) is 14.7 Å². The Hall–Kier alpha value is -2.87. The van der Waals surface area contributed by atoms with Crippen molar-refractivity contribution in [3.8, 4) is 11.5 Å². The van der Waals surface area contributed by atoms with E-state index in [1.54, 1.807) is 18.2 Å². The number of hydrazone groups is 1. The molecule has 0 saturated carbocycles. The summed E-state index contributed by atoms with van der Waals surface area (Å²) in [6.07, 6.45) is 1.32.